The molecule has 0 aliphatic heterocycles. The second-order valence-electron chi connectivity index (χ2n) is 6.01. The molecule has 1 aromatic heterocycles. The van der Waals surface area contributed by atoms with Crippen LogP contribution in [-0.2, 0) is 4.79 Å². The standard InChI is InChI=1S/C17H23N5O2S/c1-10(9-23)5-13(8-18)20-12-3-4-14(17(19)24)15(7-12)21-16-6-11(2)22-25-16/h3-4,6-7,9-10,13,20-21H,5,8,18H2,1-2H3,(H2,19,24)/t10-,13+/m0/s1. The Hall–Kier alpha value is -2.45. The molecule has 0 radical (unpaired) electrons. The van der Waals surface area contributed by atoms with Crippen molar-refractivity contribution >= 4 is 40.1 Å². The third-order valence-electron chi connectivity index (χ3n) is 3.71. The maximum Gasteiger partial charge on any atom is 0.250 e. The molecule has 0 bridgehead atoms. The van der Waals surface area contributed by atoms with Gasteiger partial charge in [0.2, 0.25) is 0 Å². The highest BCUT2D eigenvalue weighted by atomic mass is 32.1. The third kappa shape index (κ3) is 5.27. The van der Waals surface area contributed by atoms with Crippen molar-refractivity contribution in [3.05, 3.63) is 35.5 Å². The predicted molar refractivity (Wildman–Crippen MR) is 101 cm³/mol. The van der Waals surface area contributed by atoms with Crippen molar-refractivity contribution in [2.45, 2.75) is 26.3 Å². The minimum Gasteiger partial charge on any atom is -0.381 e. The highest BCUT2D eigenvalue weighted by Gasteiger charge is 2.14. The largest absolute Gasteiger partial charge is 0.381 e. The van der Waals surface area contributed by atoms with Gasteiger partial charge in [0.05, 0.1) is 16.9 Å². The molecule has 2 aromatic rings. The van der Waals surface area contributed by atoms with Gasteiger partial charge < -0.3 is 26.9 Å². The normalized spacial score (nSPS) is 13.1. The quantitative estimate of drug-likeness (QED) is 0.508. The molecule has 0 saturated carbocycles. The first kappa shape index (κ1) is 18.9. The number of aldehydes is 1. The van der Waals surface area contributed by atoms with Crippen molar-refractivity contribution in [2.75, 3.05) is 17.2 Å². The lowest BCUT2D eigenvalue weighted by molar-refractivity contribution is -0.110. The number of aryl methyl sites for hydroxylation is 1. The molecule has 8 heteroatoms. The number of rotatable bonds is 9. The monoisotopic (exact) mass is 361 g/mol. The second-order valence-corrected chi connectivity index (χ2v) is 6.81. The number of amides is 1. The average molecular weight is 361 g/mol. The van der Waals surface area contributed by atoms with E-state index in [1.54, 1.807) is 12.1 Å². The van der Waals surface area contributed by atoms with E-state index in [4.69, 9.17) is 11.5 Å². The number of nitrogens with zero attached hydrogens (tertiary/aromatic N) is 1. The van der Waals surface area contributed by atoms with E-state index in [2.05, 4.69) is 15.0 Å². The van der Waals surface area contributed by atoms with E-state index < -0.39 is 5.91 Å². The first-order chi connectivity index (χ1) is 11.9. The number of carbonyl (C=O) groups is 2. The van der Waals surface area contributed by atoms with Crippen molar-refractivity contribution < 1.29 is 9.59 Å². The molecule has 1 amide bonds. The topological polar surface area (TPSA) is 123 Å². The summed E-state index contributed by atoms with van der Waals surface area (Å²) < 4.78 is 4.21. The van der Waals surface area contributed by atoms with Crippen LogP contribution >= 0.6 is 11.5 Å². The van der Waals surface area contributed by atoms with Gasteiger partial charge in [0.1, 0.15) is 11.3 Å². The number of aromatic nitrogens is 1. The zero-order valence-electron chi connectivity index (χ0n) is 14.3. The molecule has 6 N–H and O–H groups in total. The number of anilines is 3. The number of hydrogen-bond donors (Lipinski definition) is 4. The van der Waals surface area contributed by atoms with Crippen LogP contribution in [-0.4, -0.2) is 29.2 Å². The Kier molecular flexibility index (Phi) is 6.49. The van der Waals surface area contributed by atoms with Gasteiger partial charge in [-0.25, -0.2) is 0 Å². The highest BCUT2D eigenvalue weighted by Crippen LogP contribution is 2.27. The van der Waals surface area contributed by atoms with E-state index in [1.807, 2.05) is 26.0 Å². The molecule has 1 heterocycles. The van der Waals surface area contributed by atoms with Crippen LogP contribution < -0.4 is 22.1 Å². The predicted octanol–water partition coefficient (Wildman–Crippen LogP) is 2.26. The molecule has 0 fully saturated rings. The van der Waals surface area contributed by atoms with Crippen molar-refractivity contribution in [1.82, 2.24) is 4.37 Å². The van der Waals surface area contributed by atoms with E-state index in [0.29, 0.717) is 24.2 Å². The van der Waals surface area contributed by atoms with Crippen molar-refractivity contribution in [3.8, 4) is 0 Å². The smallest absolute Gasteiger partial charge is 0.250 e. The van der Waals surface area contributed by atoms with Crippen LogP contribution in [0.25, 0.3) is 0 Å². The molecular weight excluding hydrogens is 338 g/mol. The average Bonchev–Trinajstić information content (AvgIpc) is 2.98. The van der Waals surface area contributed by atoms with E-state index >= 15 is 0 Å². The van der Waals surface area contributed by atoms with Gasteiger partial charge in [-0.15, -0.1) is 0 Å². The lowest BCUT2D eigenvalue weighted by atomic mass is 10.0. The summed E-state index contributed by atoms with van der Waals surface area (Å²) in [5.74, 6) is -0.594. The van der Waals surface area contributed by atoms with E-state index in [-0.39, 0.29) is 12.0 Å². The highest BCUT2D eigenvalue weighted by molar-refractivity contribution is 7.10. The van der Waals surface area contributed by atoms with Crippen molar-refractivity contribution in [3.63, 3.8) is 0 Å². The zero-order valence-corrected chi connectivity index (χ0v) is 15.1. The lowest BCUT2D eigenvalue weighted by Gasteiger charge is -2.20. The molecule has 0 unspecified atom stereocenters. The van der Waals surface area contributed by atoms with Crippen LogP contribution in [0, 0.1) is 12.8 Å². The van der Waals surface area contributed by atoms with Crippen molar-refractivity contribution in [2.24, 2.45) is 17.4 Å². The number of nitrogens with two attached hydrogens (primary N) is 2. The molecular formula is C17H23N5O2S. The molecule has 0 spiro atoms. The fourth-order valence-electron chi connectivity index (χ4n) is 2.46. The summed E-state index contributed by atoms with van der Waals surface area (Å²) in [6, 6.07) is 7.10. The van der Waals surface area contributed by atoms with Crippen LogP contribution in [0.2, 0.25) is 0 Å². The third-order valence-corrected chi connectivity index (χ3v) is 4.51. The van der Waals surface area contributed by atoms with Gasteiger partial charge in [0.15, 0.2) is 0 Å². The van der Waals surface area contributed by atoms with Gasteiger partial charge in [-0.3, -0.25) is 4.79 Å². The Morgan fingerprint density at radius 2 is 2.16 bits per heavy atom. The fourth-order valence-corrected chi connectivity index (χ4v) is 3.14. The summed E-state index contributed by atoms with van der Waals surface area (Å²) in [7, 11) is 0. The Labute approximate surface area is 151 Å². The molecule has 25 heavy (non-hydrogen) atoms. The van der Waals surface area contributed by atoms with Gasteiger partial charge in [0.25, 0.3) is 5.91 Å². The summed E-state index contributed by atoms with van der Waals surface area (Å²) >= 11 is 1.31. The molecule has 2 atom stereocenters. The van der Waals surface area contributed by atoms with Crippen LogP contribution in [0.3, 0.4) is 0 Å². The number of primary amides is 1. The van der Waals surface area contributed by atoms with Gasteiger partial charge in [-0.1, -0.05) is 6.92 Å². The van der Waals surface area contributed by atoms with Crippen molar-refractivity contribution in [1.29, 1.82) is 0 Å². The zero-order chi connectivity index (χ0) is 18.4. The summed E-state index contributed by atoms with van der Waals surface area (Å²) in [5.41, 5.74) is 13.9. The van der Waals surface area contributed by atoms with E-state index in [1.165, 1.54) is 11.5 Å². The van der Waals surface area contributed by atoms with E-state index in [9.17, 15) is 9.59 Å². The SMILES string of the molecule is Cc1cc(Nc2cc(N[C@@H](CN)C[C@H](C)C=O)ccc2C(N)=O)sn1. The molecule has 0 aliphatic rings. The van der Waals surface area contributed by atoms with Crippen LogP contribution in [0.1, 0.15) is 29.4 Å². The number of benzene rings is 1. The first-order valence-corrected chi connectivity index (χ1v) is 8.76. The Morgan fingerprint density at radius 1 is 1.40 bits per heavy atom. The molecule has 1 aromatic carbocycles. The fraction of sp³-hybridized carbons (Fsp3) is 0.353. The molecule has 7 nitrogen and oxygen atoms in total. The molecule has 134 valence electrons. The van der Waals surface area contributed by atoms with E-state index in [0.717, 1.165) is 22.7 Å². The maximum absolute atomic E-state index is 11.7. The summed E-state index contributed by atoms with van der Waals surface area (Å²) in [5, 5.41) is 7.31. The van der Waals surface area contributed by atoms with Gasteiger partial charge in [0, 0.05) is 24.2 Å². The summed E-state index contributed by atoms with van der Waals surface area (Å²) in [6.07, 6.45) is 1.55. The Bertz CT molecular complexity index is 746. The minimum atomic E-state index is -0.514. The lowest BCUT2D eigenvalue weighted by Crippen LogP contribution is -2.31. The minimum absolute atomic E-state index is 0.0434. The van der Waals surface area contributed by atoms with Crippen LogP contribution in [0.5, 0.6) is 0 Å². The van der Waals surface area contributed by atoms with Crippen LogP contribution in [0.4, 0.5) is 16.4 Å². The number of hydrogen-bond acceptors (Lipinski definition) is 7. The Balaban J connectivity index is 2.23. The van der Waals surface area contributed by atoms with Crippen LogP contribution in [0.15, 0.2) is 24.3 Å². The number of carbonyl (C=O) groups excluding carboxylic acids is 2. The number of nitrogens with one attached hydrogen (secondary N) is 2. The second kappa shape index (κ2) is 8.59. The summed E-state index contributed by atoms with van der Waals surface area (Å²) in [4.78, 5) is 22.5. The Morgan fingerprint density at radius 3 is 2.72 bits per heavy atom. The molecule has 0 aliphatic carbocycles. The maximum atomic E-state index is 11.7. The van der Waals surface area contributed by atoms with Gasteiger partial charge in [-0.05, 0) is 49.1 Å². The summed E-state index contributed by atoms with van der Waals surface area (Å²) in [6.45, 7) is 4.15. The molecule has 2 rings (SSSR count). The molecule has 0 saturated heterocycles. The first-order valence-electron chi connectivity index (χ1n) is 7.99. The van der Waals surface area contributed by atoms with Gasteiger partial charge >= 0.3 is 0 Å². The van der Waals surface area contributed by atoms with Gasteiger partial charge in [-0.2, -0.15) is 4.37 Å².